The molecule has 5 rings (SSSR count). The highest BCUT2D eigenvalue weighted by atomic mass is 32.2. The minimum Gasteiger partial charge on any atom is -0.497 e. The molecule has 53 heavy (non-hydrogen) atoms. The number of fused-ring (bicyclic) bond motifs is 1. The van der Waals surface area contributed by atoms with Crippen molar-refractivity contribution in [3.05, 3.63) is 36.5 Å². The number of nitrogens with zero attached hydrogens (tertiary/aromatic N) is 3. The van der Waals surface area contributed by atoms with Crippen LogP contribution in [0.15, 0.2) is 30.9 Å². The fraction of sp³-hybridized carbons (Fsp3) is 0.632. The number of methoxy groups -OCH3 is 1. The summed E-state index contributed by atoms with van der Waals surface area (Å²) in [6.45, 7) is 18.4. The zero-order valence-corrected chi connectivity index (χ0v) is 33.0. The number of ether oxygens (including phenoxy) is 3. The first-order valence-electron chi connectivity index (χ1n) is 18.1. The molecular formula is C38H53N5O9S. The highest BCUT2D eigenvalue weighted by molar-refractivity contribution is 7.91. The molecule has 0 unspecified atom stereocenters. The Bertz CT molecular complexity index is 1900. The summed E-state index contributed by atoms with van der Waals surface area (Å²) in [5.41, 5.74) is -1.28. The van der Waals surface area contributed by atoms with E-state index in [4.69, 9.17) is 24.2 Å². The zero-order chi connectivity index (χ0) is 39.3. The predicted octanol–water partition coefficient (Wildman–Crippen LogP) is 4.17. The summed E-state index contributed by atoms with van der Waals surface area (Å²) in [4.78, 5) is 66.5. The van der Waals surface area contributed by atoms with Crippen LogP contribution in [0.3, 0.4) is 0 Å². The molecule has 290 valence electrons. The second-order valence-corrected chi connectivity index (χ2v) is 18.8. The summed E-state index contributed by atoms with van der Waals surface area (Å²) in [6.07, 6.45) is 1.62. The predicted molar refractivity (Wildman–Crippen MR) is 197 cm³/mol. The van der Waals surface area contributed by atoms with Gasteiger partial charge in [0.1, 0.15) is 34.7 Å². The van der Waals surface area contributed by atoms with Gasteiger partial charge >= 0.3 is 5.97 Å². The largest absolute Gasteiger partial charge is 0.497 e. The van der Waals surface area contributed by atoms with Gasteiger partial charge in [0.25, 0.3) is 5.91 Å². The normalized spacial score (nSPS) is 23.7. The number of rotatable bonds is 13. The molecule has 2 aromatic rings. The SMILES string of the molecule is C=C[C@@H]1C[C@]1(NC(=O)[C@@H]1C[C@@H](Oc2nc3cc(OC)ccc3nc2C(C)C)CN1C(=O)[C@@H](CC(=O)OC(C)(C)C)C(C)(C)C)C(=O)NS(=O)(=O)C1CC1. The first-order valence-corrected chi connectivity index (χ1v) is 19.7. The lowest BCUT2D eigenvalue weighted by Crippen LogP contribution is -2.57. The maximum atomic E-state index is 14.6. The van der Waals surface area contributed by atoms with Crippen molar-refractivity contribution >= 4 is 44.7 Å². The first kappa shape index (κ1) is 39.9. The van der Waals surface area contributed by atoms with Gasteiger partial charge in [-0.05, 0) is 57.6 Å². The van der Waals surface area contributed by atoms with E-state index in [0.717, 1.165) is 0 Å². The van der Waals surface area contributed by atoms with Crippen molar-refractivity contribution in [1.82, 2.24) is 24.9 Å². The number of hydrogen-bond acceptors (Lipinski definition) is 11. The zero-order valence-electron chi connectivity index (χ0n) is 32.1. The molecule has 1 aliphatic heterocycles. The Hall–Kier alpha value is -4.27. The van der Waals surface area contributed by atoms with Gasteiger partial charge in [-0.25, -0.2) is 18.4 Å². The molecule has 2 aliphatic carbocycles. The van der Waals surface area contributed by atoms with Crippen molar-refractivity contribution < 1.29 is 41.8 Å². The molecule has 3 amide bonds. The summed E-state index contributed by atoms with van der Waals surface area (Å²) in [6, 6.07) is 4.20. The van der Waals surface area contributed by atoms with Crippen molar-refractivity contribution in [2.75, 3.05) is 13.7 Å². The van der Waals surface area contributed by atoms with Crippen LogP contribution in [0, 0.1) is 17.3 Å². The van der Waals surface area contributed by atoms with E-state index in [9.17, 15) is 27.6 Å². The summed E-state index contributed by atoms with van der Waals surface area (Å²) in [5, 5.41) is 2.16. The average molecular weight is 756 g/mol. The second kappa shape index (κ2) is 14.5. The molecule has 15 heteroatoms. The van der Waals surface area contributed by atoms with Crippen molar-refractivity contribution in [1.29, 1.82) is 0 Å². The Morgan fingerprint density at radius 1 is 1.08 bits per heavy atom. The maximum Gasteiger partial charge on any atom is 0.307 e. The molecule has 5 atom stereocenters. The van der Waals surface area contributed by atoms with Crippen LogP contribution in [-0.4, -0.2) is 89.2 Å². The molecule has 2 N–H and O–H groups in total. The van der Waals surface area contributed by atoms with Crippen LogP contribution in [0.4, 0.5) is 0 Å². The van der Waals surface area contributed by atoms with Gasteiger partial charge in [0.05, 0.1) is 42.3 Å². The van der Waals surface area contributed by atoms with Crippen LogP contribution < -0.4 is 19.5 Å². The van der Waals surface area contributed by atoms with Gasteiger partial charge in [-0.3, -0.25) is 23.9 Å². The number of benzene rings is 1. The number of nitrogens with one attached hydrogen (secondary N) is 2. The Morgan fingerprint density at radius 3 is 2.30 bits per heavy atom. The molecule has 3 fully saturated rings. The number of aromatic nitrogens is 2. The number of carbonyl (C=O) groups is 4. The van der Waals surface area contributed by atoms with E-state index >= 15 is 0 Å². The van der Waals surface area contributed by atoms with Crippen molar-refractivity contribution in [2.24, 2.45) is 17.3 Å². The van der Waals surface area contributed by atoms with Crippen molar-refractivity contribution in [2.45, 2.75) is 122 Å². The molecule has 1 aromatic carbocycles. The van der Waals surface area contributed by atoms with Crippen molar-refractivity contribution in [3.8, 4) is 11.6 Å². The van der Waals surface area contributed by atoms with E-state index in [2.05, 4.69) is 16.6 Å². The fourth-order valence-corrected chi connectivity index (χ4v) is 8.05. The molecule has 2 saturated carbocycles. The number of amides is 3. The molecule has 0 bridgehead atoms. The lowest BCUT2D eigenvalue weighted by Gasteiger charge is -2.35. The third kappa shape index (κ3) is 8.93. The Labute approximate surface area is 311 Å². The lowest BCUT2D eigenvalue weighted by atomic mass is 9.77. The van der Waals surface area contributed by atoms with Gasteiger partial charge in [0.2, 0.25) is 27.7 Å². The molecule has 2 heterocycles. The molecule has 0 spiro atoms. The number of esters is 1. The Morgan fingerprint density at radius 2 is 1.75 bits per heavy atom. The van der Waals surface area contributed by atoms with Gasteiger partial charge in [0.15, 0.2) is 0 Å². The van der Waals surface area contributed by atoms with E-state index in [1.54, 1.807) is 46.1 Å². The molecule has 1 saturated heterocycles. The molecule has 1 aromatic heterocycles. The highest BCUT2D eigenvalue weighted by Crippen LogP contribution is 2.46. The lowest BCUT2D eigenvalue weighted by molar-refractivity contribution is -0.161. The molecule has 3 aliphatic rings. The van der Waals surface area contributed by atoms with Gasteiger partial charge in [-0.15, -0.1) is 6.58 Å². The monoisotopic (exact) mass is 755 g/mol. The number of likely N-dealkylation sites (tertiary alicyclic amines) is 1. The van der Waals surface area contributed by atoms with Gasteiger partial charge in [0, 0.05) is 24.3 Å². The van der Waals surface area contributed by atoms with Crippen LogP contribution in [-0.2, 0) is 33.9 Å². The quantitative estimate of drug-likeness (QED) is 0.221. The first-order chi connectivity index (χ1) is 24.6. The van der Waals surface area contributed by atoms with Crippen LogP contribution >= 0.6 is 0 Å². The van der Waals surface area contributed by atoms with Gasteiger partial charge < -0.3 is 24.4 Å². The third-order valence-corrected chi connectivity index (χ3v) is 11.7. The van der Waals surface area contributed by atoms with E-state index in [-0.39, 0.29) is 37.6 Å². The summed E-state index contributed by atoms with van der Waals surface area (Å²) >= 11 is 0. The minimum absolute atomic E-state index is 0.0209. The Kier molecular flexibility index (Phi) is 10.9. The van der Waals surface area contributed by atoms with Gasteiger partial charge in [-0.1, -0.05) is 40.7 Å². The third-order valence-electron chi connectivity index (χ3n) is 9.92. The van der Waals surface area contributed by atoms with Crippen LogP contribution in [0.2, 0.25) is 0 Å². The molecule has 0 radical (unpaired) electrons. The number of hydrogen-bond donors (Lipinski definition) is 2. The average Bonchev–Trinajstić information content (AvgIpc) is 3.98. The van der Waals surface area contributed by atoms with Crippen LogP contribution in [0.25, 0.3) is 11.0 Å². The van der Waals surface area contributed by atoms with Crippen molar-refractivity contribution in [3.63, 3.8) is 0 Å². The van der Waals surface area contributed by atoms with E-state index in [1.807, 2.05) is 34.6 Å². The number of carbonyl (C=O) groups excluding carboxylic acids is 4. The van der Waals surface area contributed by atoms with Crippen LogP contribution in [0.1, 0.15) is 99.1 Å². The standard InChI is InChI=1S/C38H53N5O9S/c1-11-22-19-38(22,35(47)42-53(48,49)25-13-14-25)41-32(45)29-17-24(20-43(29)34(46)26(36(4,5)6)18-30(44)52-37(7,8)9)51-33-31(21(2)3)39-27-15-12-23(50-10)16-28(27)40-33/h11-12,15-16,21-22,24-26,29H,1,13-14,17-20H2,2-10H3,(H,41,45)(H,42,47)/t22-,24-,26-,29+,38-/m1/s1. The minimum atomic E-state index is -3.90. The molecular weight excluding hydrogens is 703 g/mol. The van der Waals surface area contributed by atoms with Crippen LogP contribution in [0.5, 0.6) is 11.6 Å². The summed E-state index contributed by atoms with van der Waals surface area (Å²) in [7, 11) is -2.35. The topological polar surface area (TPSA) is 183 Å². The van der Waals surface area contributed by atoms with E-state index in [0.29, 0.717) is 35.3 Å². The fourth-order valence-electron chi connectivity index (χ4n) is 6.69. The smallest absolute Gasteiger partial charge is 0.307 e. The highest BCUT2D eigenvalue weighted by Gasteiger charge is 2.62. The Balaban J connectivity index is 1.48. The molecule has 14 nitrogen and oxygen atoms in total. The van der Waals surface area contributed by atoms with Gasteiger partial charge in [-0.2, -0.15) is 0 Å². The van der Waals surface area contributed by atoms with E-state index < -0.39 is 79.5 Å². The maximum absolute atomic E-state index is 14.6. The van der Waals surface area contributed by atoms with E-state index in [1.165, 1.54) is 11.0 Å². The summed E-state index contributed by atoms with van der Waals surface area (Å²) < 4.78 is 45.1. The second-order valence-electron chi connectivity index (χ2n) is 16.8. The summed E-state index contributed by atoms with van der Waals surface area (Å²) in [5.74, 6) is -3.17. The number of sulfonamides is 1.